The minimum atomic E-state index is -4.68. The molecule has 37 heavy (non-hydrogen) atoms. The van der Waals surface area contributed by atoms with Gasteiger partial charge in [0.25, 0.3) is 10.0 Å². The van der Waals surface area contributed by atoms with Crippen LogP contribution < -0.4 is 9.62 Å². The summed E-state index contributed by atoms with van der Waals surface area (Å²) in [5.41, 5.74) is -0.558. The van der Waals surface area contributed by atoms with Crippen LogP contribution in [0.25, 0.3) is 11.3 Å². The monoisotopic (exact) mass is 534 g/mol. The number of aliphatic carboxylic acids is 1. The number of halogens is 3. The number of nitrogens with one attached hydrogen (secondary N) is 1. The first-order chi connectivity index (χ1) is 17.4. The second kappa shape index (κ2) is 10.4. The Morgan fingerprint density at radius 2 is 1.76 bits per heavy atom. The van der Waals surface area contributed by atoms with E-state index in [2.05, 4.69) is 14.7 Å². The smallest absolute Gasteiger partial charge is 0.418 e. The molecule has 0 aliphatic carbocycles. The molecular formula is C25H25F3N4O4S. The molecule has 1 aliphatic rings. The Morgan fingerprint density at radius 3 is 2.41 bits per heavy atom. The van der Waals surface area contributed by atoms with E-state index in [-0.39, 0.29) is 34.4 Å². The van der Waals surface area contributed by atoms with Gasteiger partial charge in [0.2, 0.25) is 0 Å². The van der Waals surface area contributed by atoms with E-state index in [4.69, 9.17) is 5.11 Å². The van der Waals surface area contributed by atoms with E-state index in [0.29, 0.717) is 37.3 Å². The number of rotatable bonds is 7. The third kappa shape index (κ3) is 6.19. The van der Waals surface area contributed by atoms with Crippen molar-refractivity contribution < 1.29 is 31.5 Å². The second-order valence-corrected chi connectivity index (χ2v) is 10.5. The summed E-state index contributed by atoms with van der Waals surface area (Å²) in [5, 5.41) is 8.68. The molecule has 1 aliphatic heterocycles. The molecule has 8 nitrogen and oxygen atoms in total. The van der Waals surface area contributed by atoms with Gasteiger partial charge >= 0.3 is 12.1 Å². The van der Waals surface area contributed by atoms with Crippen LogP contribution in [0.5, 0.6) is 0 Å². The highest BCUT2D eigenvalue weighted by Crippen LogP contribution is 2.38. The molecule has 3 aromatic rings. The van der Waals surface area contributed by atoms with Crippen molar-refractivity contribution in [1.82, 2.24) is 9.97 Å². The zero-order valence-electron chi connectivity index (χ0n) is 19.9. The molecular weight excluding hydrogens is 509 g/mol. The molecule has 12 heteroatoms. The molecule has 0 atom stereocenters. The predicted octanol–water partition coefficient (Wildman–Crippen LogP) is 4.96. The molecule has 1 aromatic carbocycles. The average molecular weight is 535 g/mol. The Labute approximate surface area is 212 Å². The van der Waals surface area contributed by atoms with Crippen LogP contribution in [0.2, 0.25) is 0 Å². The molecule has 3 heterocycles. The van der Waals surface area contributed by atoms with E-state index in [1.807, 2.05) is 4.90 Å². The van der Waals surface area contributed by atoms with Crippen molar-refractivity contribution in [3.63, 3.8) is 0 Å². The summed E-state index contributed by atoms with van der Waals surface area (Å²) in [5.74, 6) is -0.653. The van der Waals surface area contributed by atoms with Crippen molar-refractivity contribution in [1.29, 1.82) is 0 Å². The number of anilines is 2. The van der Waals surface area contributed by atoms with Crippen molar-refractivity contribution in [3.05, 3.63) is 65.7 Å². The third-order valence-corrected chi connectivity index (χ3v) is 7.48. The lowest BCUT2D eigenvalue weighted by atomic mass is 9.94. The zero-order valence-corrected chi connectivity index (χ0v) is 20.7. The number of carboxylic acid groups (broad SMARTS) is 1. The first-order valence-corrected chi connectivity index (χ1v) is 13.0. The highest BCUT2D eigenvalue weighted by molar-refractivity contribution is 7.92. The third-order valence-electron chi connectivity index (χ3n) is 6.23. The standard InChI is InChI=1S/C25H25F3N4O4S/c1-16-5-2-3-6-18(16)24-19(25(26,27)28)9-10-20(29-24)31-37(35,36)22-8-4-7-21(30-22)32-13-11-17(12-14-32)15-23(33)34/h2-10,17H,11-15H2,1H3,(H,29,31)(H,33,34). The molecule has 0 bridgehead atoms. The van der Waals surface area contributed by atoms with Crippen LogP contribution in [0.1, 0.15) is 30.4 Å². The highest BCUT2D eigenvalue weighted by Gasteiger charge is 2.35. The van der Waals surface area contributed by atoms with Gasteiger partial charge in [-0.1, -0.05) is 30.3 Å². The van der Waals surface area contributed by atoms with Gasteiger partial charge in [-0.15, -0.1) is 0 Å². The van der Waals surface area contributed by atoms with Gasteiger partial charge in [0.15, 0.2) is 5.03 Å². The van der Waals surface area contributed by atoms with Crippen molar-refractivity contribution in [2.24, 2.45) is 5.92 Å². The fourth-order valence-electron chi connectivity index (χ4n) is 4.32. The van der Waals surface area contributed by atoms with Gasteiger partial charge in [-0.25, -0.2) is 9.97 Å². The quantitative estimate of drug-likeness (QED) is 0.440. The van der Waals surface area contributed by atoms with Crippen LogP contribution >= 0.6 is 0 Å². The maximum atomic E-state index is 13.7. The SMILES string of the molecule is Cc1ccccc1-c1nc(NS(=O)(=O)c2cccc(N3CCC(CC(=O)O)CC3)n2)ccc1C(F)(F)F. The number of hydrogen-bond donors (Lipinski definition) is 2. The molecule has 0 spiro atoms. The minimum Gasteiger partial charge on any atom is -0.481 e. The molecule has 1 saturated heterocycles. The Hall–Kier alpha value is -3.67. The topological polar surface area (TPSA) is 112 Å². The van der Waals surface area contributed by atoms with Crippen molar-refractivity contribution in [2.45, 2.75) is 37.4 Å². The van der Waals surface area contributed by atoms with Crippen molar-refractivity contribution in [3.8, 4) is 11.3 Å². The van der Waals surface area contributed by atoms with Gasteiger partial charge in [-0.2, -0.15) is 21.6 Å². The number of nitrogens with zero attached hydrogens (tertiary/aromatic N) is 3. The summed E-state index contributed by atoms with van der Waals surface area (Å²) in [6.45, 7) is 2.71. The molecule has 4 rings (SSSR count). The molecule has 2 N–H and O–H groups in total. The number of aryl methyl sites for hydroxylation is 1. The Bertz CT molecular complexity index is 1410. The Kier molecular flexibility index (Phi) is 7.39. The maximum Gasteiger partial charge on any atom is 0.418 e. The summed E-state index contributed by atoms with van der Waals surface area (Å²) in [6.07, 6.45) is -3.32. The van der Waals surface area contributed by atoms with Crippen LogP contribution in [0, 0.1) is 12.8 Å². The summed E-state index contributed by atoms with van der Waals surface area (Å²) in [4.78, 5) is 21.1. The summed E-state index contributed by atoms with van der Waals surface area (Å²) in [7, 11) is -4.27. The van der Waals surface area contributed by atoms with Gasteiger partial charge < -0.3 is 10.0 Å². The van der Waals surface area contributed by atoms with Crippen molar-refractivity contribution in [2.75, 3.05) is 22.7 Å². The number of carbonyl (C=O) groups is 1. The van der Waals surface area contributed by atoms with E-state index in [9.17, 15) is 26.4 Å². The largest absolute Gasteiger partial charge is 0.481 e. The average Bonchev–Trinajstić information content (AvgIpc) is 2.83. The number of benzene rings is 1. The van der Waals surface area contributed by atoms with Gasteiger partial charge in [0, 0.05) is 25.1 Å². The first kappa shape index (κ1) is 26.4. The summed E-state index contributed by atoms with van der Waals surface area (Å²) < 4.78 is 69.5. The van der Waals surface area contributed by atoms with E-state index in [0.717, 1.165) is 12.1 Å². The highest BCUT2D eigenvalue weighted by atomic mass is 32.2. The molecule has 1 fully saturated rings. The van der Waals surface area contributed by atoms with Crippen LogP contribution in [0.3, 0.4) is 0 Å². The van der Waals surface area contributed by atoms with Crippen LogP contribution in [-0.2, 0) is 21.0 Å². The van der Waals surface area contributed by atoms with E-state index < -0.39 is 27.7 Å². The number of carboxylic acids is 1. The minimum absolute atomic E-state index is 0.0514. The lowest BCUT2D eigenvalue weighted by molar-refractivity contribution is -0.138. The normalized spacial score (nSPS) is 15.0. The van der Waals surface area contributed by atoms with Gasteiger partial charge in [0.05, 0.1) is 11.3 Å². The fourth-order valence-corrected chi connectivity index (χ4v) is 5.29. The van der Waals surface area contributed by atoms with Gasteiger partial charge in [-0.05, 0) is 55.5 Å². The Morgan fingerprint density at radius 1 is 1.05 bits per heavy atom. The van der Waals surface area contributed by atoms with Crippen LogP contribution in [-0.4, -0.2) is 42.6 Å². The Balaban J connectivity index is 1.59. The molecule has 0 saturated carbocycles. The van der Waals surface area contributed by atoms with E-state index >= 15 is 0 Å². The number of aromatic nitrogens is 2. The lowest BCUT2D eigenvalue weighted by Gasteiger charge is -2.32. The summed E-state index contributed by atoms with van der Waals surface area (Å²) in [6, 6.07) is 12.7. The molecule has 196 valence electrons. The van der Waals surface area contributed by atoms with Gasteiger partial charge in [-0.3, -0.25) is 9.52 Å². The fraction of sp³-hybridized carbons (Fsp3) is 0.320. The zero-order chi connectivity index (χ0) is 26.8. The van der Waals surface area contributed by atoms with Crippen LogP contribution in [0.4, 0.5) is 24.8 Å². The first-order valence-electron chi connectivity index (χ1n) is 11.5. The molecule has 2 aromatic heterocycles. The van der Waals surface area contributed by atoms with Gasteiger partial charge in [0.1, 0.15) is 11.6 Å². The molecule has 0 radical (unpaired) electrons. The molecule has 0 unspecified atom stereocenters. The number of hydrogen-bond acceptors (Lipinski definition) is 6. The number of pyridine rings is 2. The number of sulfonamides is 1. The number of piperidine rings is 1. The maximum absolute atomic E-state index is 13.7. The molecule has 0 amide bonds. The summed E-state index contributed by atoms with van der Waals surface area (Å²) >= 11 is 0. The lowest BCUT2D eigenvalue weighted by Crippen LogP contribution is -2.35. The second-order valence-electron chi connectivity index (χ2n) is 8.87. The van der Waals surface area contributed by atoms with Crippen LogP contribution in [0.15, 0.2) is 59.6 Å². The van der Waals surface area contributed by atoms with E-state index in [1.165, 1.54) is 18.2 Å². The van der Waals surface area contributed by atoms with Crippen molar-refractivity contribution >= 4 is 27.6 Å². The van der Waals surface area contributed by atoms with E-state index in [1.54, 1.807) is 31.2 Å². The number of alkyl halides is 3. The predicted molar refractivity (Wildman–Crippen MR) is 132 cm³/mol.